The molecule has 0 aromatic heterocycles. The molecule has 1 aromatic rings. The summed E-state index contributed by atoms with van der Waals surface area (Å²) in [6.45, 7) is 10.3. The number of anilines is 2. The van der Waals surface area contributed by atoms with E-state index in [1.807, 2.05) is 0 Å². The zero-order valence-electron chi connectivity index (χ0n) is 13.2. The van der Waals surface area contributed by atoms with E-state index < -0.39 is 0 Å². The molecule has 3 rings (SSSR count). The Morgan fingerprint density at radius 1 is 1.20 bits per heavy atom. The maximum Gasteiger partial charge on any atom is 0.0420 e. The van der Waals surface area contributed by atoms with Gasteiger partial charge in [0, 0.05) is 43.1 Å². The third-order valence-electron chi connectivity index (χ3n) is 5.10. The molecule has 20 heavy (non-hydrogen) atoms. The largest absolute Gasteiger partial charge is 0.384 e. The van der Waals surface area contributed by atoms with Crippen LogP contribution in [0.3, 0.4) is 0 Å². The molecule has 110 valence electrons. The number of hydrogen-bond donors (Lipinski definition) is 1. The van der Waals surface area contributed by atoms with E-state index in [0.29, 0.717) is 12.1 Å². The smallest absolute Gasteiger partial charge is 0.0420 e. The molecule has 2 aliphatic rings. The van der Waals surface area contributed by atoms with Gasteiger partial charge in [-0.2, -0.15) is 0 Å². The molecule has 0 spiro atoms. The Bertz CT molecular complexity index is 485. The van der Waals surface area contributed by atoms with Gasteiger partial charge < -0.3 is 10.2 Å². The van der Waals surface area contributed by atoms with Crippen molar-refractivity contribution in [3.8, 4) is 0 Å². The van der Waals surface area contributed by atoms with Crippen molar-refractivity contribution in [3.05, 3.63) is 23.3 Å². The van der Waals surface area contributed by atoms with Crippen LogP contribution < -0.4 is 10.2 Å². The standard InChI is InChI=1S/C17H27N3/c1-5-14-8-15-6-7-18-16(15)9-17(14)20-10-12(2)19(4)13(3)11-20/h8-9,12-13,18H,5-7,10-11H2,1-4H3/t12-,13+. The molecule has 0 saturated carbocycles. The highest BCUT2D eigenvalue weighted by Crippen LogP contribution is 2.33. The first-order valence-electron chi connectivity index (χ1n) is 7.96. The van der Waals surface area contributed by atoms with Crippen molar-refractivity contribution in [1.29, 1.82) is 0 Å². The number of benzene rings is 1. The summed E-state index contributed by atoms with van der Waals surface area (Å²) in [7, 11) is 2.25. The van der Waals surface area contributed by atoms with Crippen molar-refractivity contribution in [2.24, 2.45) is 0 Å². The quantitative estimate of drug-likeness (QED) is 0.894. The molecular formula is C17H27N3. The highest BCUT2D eigenvalue weighted by atomic mass is 15.3. The van der Waals surface area contributed by atoms with Crippen molar-refractivity contribution < 1.29 is 0 Å². The van der Waals surface area contributed by atoms with Gasteiger partial charge in [-0.15, -0.1) is 0 Å². The minimum atomic E-state index is 0.615. The van der Waals surface area contributed by atoms with E-state index >= 15 is 0 Å². The molecule has 0 amide bonds. The Balaban J connectivity index is 1.93. The monoisotopic (exact) mass is 273 g/mol. The first kappa shape index (κ1) is 13.7. The van der Waals surface area contributed by atoms with Crippen molar-refractivity contribution in [2.75, 3.05) is 36.9 Å². The van der Waals surface area contributed by atoms with Crippen LogP contribution in [0.2, 0.25) is 0 Å². The molecule has 0 unspecified atom stereocenters. The van der Waals surface area contributed by atoms with Gasteiger partial charge in [0.2, 0.25) is 0 Å². The molecule has 1 saturated heterocycles. The van der Waals surface area contributed by atoms with E-state index in [2.05, 4.69) is 55.1 Å². The third-order valence-corrected chi connectivity index (χ3v) is 5.10. The van der Waals surface area contributed by atoms with Gasteiger partial charge in [0.25, 0.3) is 0 Å². The average Bonchev–Trinajstić information content (AvgIpc) is 2.89. The van der Waals surface area contributed by atoms with Crippen LogP contribution in [0.5, 0.6) is 0 Å². The summed E-state index contributed by atoms with van der Waals surface area (Å²) in [5.74, 6) is 0. The van der Waals surface area contributed by atoms with Crippen LogP contribution in [0.1, 0.15) is 31.9 Å². The Hall–Kier alpha value is -1.22. The fourth-order valence-corrected chi connectivity index (χ4v) is 3.57. The summed E-state index contributed by atoms with van der Waals surface area (Å²) >= 11 is 0. The Kier molecular flexibility index (Phi) is 3.63. The number of hydrogen-bond acceptors (Lipinski definition) is 3. The van der Waals surface area contributed by atoms with Crippen LogP contribution >= 0.6 is 0 Å². The maximum absolute atomic E-state index is 3.53. The van der Waals surface area contributed by atoms with Gasteiger partial charge in [-0.1, -0.05) is 13.0 Å². The lowest BCUT2D eigenvalue weighted by atomic mass is 10.0. The van der Waals surface area contributed by atoms with Gasteiger partial charge >= 0.3 is 0 Å². The number of aryl methyl sites for hydroxylation is 1. The molecule has 2 aliphatic heterocycles. The fraction of sp³-hybridized carbons (Fsp3) is 0.647. The Labute approximate surface area is 123 Å². The van der Waals surface area contributed by atoms with E-state index in [4.69, 9.17) is 0 Å². The molecule has 3 heteroatoms. The maximum atomic E-state index is 3.53. The molecule has 0 radical (unpaired) electrons. The van der Waals surface area contributed by atoms with Gasteiger partial charge in [-0.3, -0.25) is 4.90 Å². The SMILES string of the molecule is CCc1cc2c(cc1N1C[C@@H](C)N(C)[C@@H](C)C1)NCC2. The lowest BCUT2D eigenvalue weighted by Gasteiger charge is -2.44. The van der Waals surface area contributed by atoms with E-state index in [9.17, 15) is 0 Å². The van der Waals surface area contributed by atoms with E-state index in [1.165, 1.54) is 28.9 Å². The summed E-state index contributed by atoms with van der Waals surface area (Å²) in [4.78, 5) is 5.09. The van der Waals surface area contributed by atoms with E-state index in [-0.39, 0.29) is 0 Å². The van der Waals surface area contributed by atoms with Crippen molar-refractivity contribution in [3.63, 3.8) is 0 Å². The Morgan fingerprint density at radius 3 is 2.55 bits per heavy atom. The number of nitrogens with one attached hydrogen (secondary N) is 1. The molecule has 1 fully saturated rings. The van der Waals surface area contributed by atoms with Gasteiger partial charge in [-0.25, -0.2) is 0 Å². The summed E-state index contributed by atoms with van der Waals surface area (Å²) in [6.07, 6.45) is 2.30. The van der Waals surface area contributed by atoms with Gasteiger partial charge in [-0.05, 0) is 50.9 Å². The van der Waals surface area contributed by atoms with Crippen molar-refractivity contribution in [1.82, 2.24) is 4.90 Å². The topological polar surface area (TPSA) is 18.5 Å². The number of likely N-dealkylation sites (N-methyl/N-ethyl adjacent to an activating group) is 1. The first-order chi connectivity index (χ1) is 9.60. The molecule has 3 nitrogen and oxygen atoms in total. The molecule has 0 bridgehead atoms. The first-order valence-corrected chi connectivity index (χ1v) is 7.96. The predicted molar refractivity (Wildman–Crippen MR) is 86.9 cm³/mol. The number of piperazine rings is 1. The molecule has 1 aromatic carbocycles. The number of rotatable bonds is 2. The zero-order valence-corrected chi connectivity index (χ0v) is 13.2. The van der Waals surface area contributed by atoms with Crippen LogP contribution in [-0.2, 0) is 12.8 Å². The molecule has 2 heterocycles. The van der Waals surface area contributed by atoms with Gasteiger partial charge in [0.05, 0.1) is 0 Å². The predicted octanol–water partition coefficient (Wildman–Crippen LogP) is 2.75. The van der Waals surface area contributed by atoms with Crippen LogP contribution in [0.15, 0.2) is 12.1 Å². The van der Waals surface area contributed by atoms with E-state index in [1.54, 1.807) is 0 Å². The summed E-state index contributed by atoms with van der Waals surface area (Å²) in [5, 5.41) is 3.53. The summed E-state index contributed by atoms with van der Waals surface area (Å²) in [5.41, 5.74) is 5.82. The van der Waals surface area contributed by atoms with Gasteiger partial charge in [0.15, 0.2) is 0 Å². The second-order valence-corrected chi connectivity index (χ2v) is 6.44. The lowest BCUT2D eigenvalue weighted by molar-refractivity contribution is 0.170. The minimum absolute atomic E-state index is 0.615. The molecular weight excluding hydrogens is 246 g/mol. The van der Waals surface area contributed by atoms with E-state index in [0.717, 1.165) is 26.1 Å². The minimum Gasteiger partial charge on any atom is -0.384 e. The van der Waals surface area contributed by atoms with Crippen LogP contribution in [0.4, 0.5) is 11.4 Å². The van der Waals surface area contributed by atoms with Gasteiger partial charge in [0.1, 0.15) is 0 Å². The number of nitrogens with zero attached hydrogens (tertiary/aromatic N) is 2. The zero-order chi connectivity index (χ0) is 14.3. The lowest BCUT2D eigenvalue weighted by Crippen LogP contribution is -2.55. The fourth-order valence-electron chi connectivity index (χ4n) is 3.57. The normalized spacial score (nSPS) is 26.5. The second-order valence-electron chi connectivity index (χ2n) is 6.44. The average molecular weight is 273 g/mol. The third kappa shape index (κ3) is 2.28. The summed E-state index contributed by atoms with van der Waals surface area (Å²) in [6, 6.07) is 6.05. The highest BCUT2D eigenvalue weighted by molar-refractivity contribution is 5.68. The molecule has 2 atom stereocenters. The number of fused-ring (bicyclic) bond motifs is 1. The highest BCUT2D eigenvalue weighted by Gasteiger charge is 2.28. The van der Waals surface area contributed by atoms with Crippen molar-refractivity contribution in [2.45, 2.75) is 45.7 Å². The van der Waals surface area contributed by atoms with Crippen LogP contribution in [-0.4, -0.2) is 43.7 Å². The van der Waals surface area contributed by atoms with Crippen molar-refractivity contribution >= 4 is 11.4 Å². The molecule has 1 N–H and O–H groups in total. The summed E-state index contributed by atoms with van der Waals surface area (Å²) < 4.78 is 0. The second kappa shape index (κ2) is 5.28. The van der Waals surface area contributed by atoms with Crippen LogP contribution in [0.25, 0.3) is 0 Å². The van der Waals surface area contributed by atoms with Crippen LogP contribution in [0, 0.1) is 0 Å². The molecule has 0 aliphatic carbocycles. The Morgan fingerprint density at radius 2 is 1.90 bits per heavy atom.